The van der Waals surface area contributed by atoms with Gasteiger partial charge in [0, 0.05) is 15.7 Å². The van der Waals surface area contributed by atoms with E-state index in [1.54, 1.807) is 48.5 Å². The highest BCUT2D eigenvalue weighted by molar-refractivity contribution is 9.10. The number of rotatable bonds is 6. The molecule has 6 nitrogen and oxygen atoms in total. The molecule has 0 spiro atoms. The molecule has 33 heavy (non-hydrogen) atoms. The van der Waals surface area contributed by atoms with Gasteiger partial charge in [-0.1, -0.05) is 39.1 Å². The number of carbonyl (C=O) groups is 2. The van der Waals surface area contributed by atoms with E-state index in [0.29, 0.717) is 32.1 Å². The average molecular weight is 546 g/mol. The quantitative estimate of drug-likeness (QED) is 0.165. The maximum absolute atomic E-state index is 12.6. The molecule has 0 saturated carbocycles. The van der Waals surface area contributed by atoms with Crippen molar-refractivity contribution < 1.29 is 19.1 Å². The number of benzene rings is 3. The van der Waals surface area contributed by atoms with Gasteiger partial charge < -0.3 is 14.8 Å². The third-order valence-electron chi connectivity index (χ3n) is 4.34. The van der Waals surface area contributed by atoms with Crippen LogP contribution in [0.5, 0.6) is 11.5 Å². The van der Waals surface area contributed by atoms with Crippen LogP contribution in [0.25, 0.3) is 6.08 Å². The summed E-state index contributed by atoms with van der Waals surface area (Å²) >= 11 is 15.2. The highest BCUT2D eigenvalue weighted by Crippen LogP contribution is 2.28. The lowest BCUT2D eigenvalue weighted by Gasteiger charge is -2.10. The number of esters is 1. The number of hydrogen-bond donors (Lipinski definition) is 1. The maximum atomic E-state index is 12.6. The van der Waals surface area contributed by atoms with Crippen LogP contribution in [-0.2, 0) is 4.79 Å². The molecule has 3 rings (SSSR count). The largest absolute Gasteiger partial charge is 0.497 e. The van der Waals surface area contributed by atoms with Gasteiger partial charge in [-0.3, -0.25) is 4.79 Å². The Balaban J connectivity index is 1.86. The molecule has 0 aliphatic carbocycles. The van der Waals surface area contributed by atoms with Gasteiger partial charge in [0.25, 0.3) is 5.91 Å². The number of ether oxygens (including phenoxy) is 2. The molecule has 0 heterocycles. The van der Waals surface area contributed by atoms with Gasteiger partial charge in [-0.15, -0.1) is 0 Å². The number of methoxy groups -OCH3 is 1. The van der Waals surface area contributed by atoms with Crippen LogP contribution in [0, 0.1) is 11.3 Å². The molecule has 0 saturated heterocycles. The predicted molar refractivity (Wildman–Crippen MR) is 131 cm³/mol. The van der Waals surface area contributed by atoms with Gasteiger partial charge in [-0.2, -0.15) is 5.26 Å². The van der Waals surface area contributed by atoms with Crippen molar-refractivity contribution in [3.8, 4) is 17.6 Å². The molecule has 1 amide bonds. The summed E-state index contributed by atoms with van der Waals surface area (Å²) < 4.78 is 11.3. The molecule has 3 aromatic rings. The van der Waals surface area contributed by atoms with Crippen molar-refractivity contribution in [2.24, 2.45) is 0 Å². The SMILES string of the molecule is COc1ccc(C(=O)Oc2ccc(Br)cc2/C=C(\C#N)C(=O)Nc2ccc(Cl)c(Cl)c2)cc1. The molecule has 0 bridgehead atoms. The van der Waals surface area contributed by atoms with E-state index in [4.69, 9.17) is 32.7 Å². The monoisotopic (exact) mass is 544 g/mol. The van der Waals surface area contributed by atoms with Crippen molar-refractivity contribution in [1.29, 1.82) is 5.26 Å². The standard InChI is InChI=1S/C24H15BrCl2N2O4/c1-32-19-6-2-14(3-7-19)24(31)33-22-9-4-17(25)11-15(22)10-16(13-28)23(30)29-18-5-8-20(26)21(27)12-18/h2-12H,1H3,(H,29,30)/b16-10+. The van der Waals surface area contributed by atoms with E-state index in [2.05, 4.69) is 21.2 Å². The first kappa shape index (κ1) is 24.3. The molecular formula is C24H15BrCl2N2O4. The van der Waals surface area contributed by atoms with Crippen molar-refractivity contribution in [3.63, 3.8) is 0 Å². The van der Waals surface area contributed by atoms with Crippen LogP contribution in [0.3, 0.4) is 0 Å². The van der Waals surface area contributed by atoms with Crippen LogP contribution in [-0.4, -0.2) is 19.0 Å². The van der Waals surface area contributed by atoms with Crippen LogP contribution >= 0.6 is 39.1 Å². The Morgan fingerprint density at radius 1 is 1.03 bits per heavy atom. The molecule has 166 valence electrons. The second-order valence-corrected chi connectivity index (χ2v) is 8.28. The van der Waals surface area contributed by atoms with Crippen molar-refractivity contribution in [3.05, 3.63) is 91.9 Å². The number of halogens is 3. The fourth-order valence-corrected chi connectivity index (χ4v) is 3.36. The van der Waals surface area contributed by atoms with Crippen LogP contribution in [0.4, 0.5) is 5.69 Å². The Morgan fingerprint density at radius 3 is 2.39 bits per heavy atom. The fourth-order valence-electron chi connectivity index (χ4n) is 2.69. The summed E-state index contributed by atoms with van der Waals surface area (Å²) in [4.78, 5) is 25.2. The second kappa shape index (κ2) is 11.0. The first-order chi connectivity index (χ1) is 15.8. The molecule has 0 fully saturated rings. The zero-order valence-corrected chi connectivity index (χ0v) is 20.2. The lowest BCUT2D eigenvalue weighted by molar-refractivity contribution is -0.112. The van der Waals surface area contributed by atoms with Gasteiger partial charge in [-0.05, 0) is 66.7 Å². The highest BCUT2D eigenvalue weighted by atomic mass is 79.9. The van der Waals surface area contributed by atoms with Crippen molar-refractivity contribution >= 4 is 62.8 Å². The summed E-state index contributed by atoms with van der Waals surface area (Å²) in [7, 11) is 1.53. The fraction of sp³-hybridized carbons (Fsp3) is 0.0417. The lowest BCUT2D eigenvalue weighted by atomic mass is 10.1. The predicted octanol–water partition coefficient (Wildman–Crippen LogP) is 6.53. The Bertz CT molecular complexity index is 1280. The number of nitriles is 1. The molecule has 3 aromatic carbocycles. The second-order valence-electron chi connectivity index (χ2n) is 6.55. The Hall–Kier alpha value is -3.31. The number of carbonyl (C=O) groups excluding carboxylic acids is 2. The minimum absolute atomic E-state index is 0.175. The van der Waals surface area contributed by atoms with Gasteiger partial charge in [0.2, 0.25) is 0 Å². The van der Waals surface area contributed by atoms with Crippen molar-refractivity contribution in [2.75, 3.05) is 12.4 Å². The lowest BCUT2D eigenvalue weighted by Crippen LogP contribution is -2.14. The first-order valence-corrected chi connectivity index (χ1v) is 10.9. The smallest absolute Gasteiger partial charge is 0.343 e. The molecule has 0 unspecified atom stereocenters. The zero-order valence-electron chi connectivity index (χ0n) is 17.1. The number of amides is 1. The maximum Gasteiger partial charge on any atom is 0.343 e. The molecule has 1 N–H and O–H groups in total. The topological polar surface area (TPSA) is 88.4 Å². The summed E-state index contributed by atoms with van der Waals surface area (Å²) in [5.74, 6) is -0.490. The van der Waals surface area contributed by atoms with Crippen molar-refractivity contribution in [2.45, 2.75) is 0 Å². The van der Waals surface area contributed by atoms with Gasteiger partial charge in [-0.25, -0.2) is 4.79 Å². The summed E-state index contributed by atoms with van der Waals surface area (Å²) in [6.07, 6.45) is 1.33. The number of anilines is 1. The summed E-state index contributed by atoms with van der Waals surface area (Å²) in [6, 6.07) is 17.7. The van der Waals surface area contributed by atoms with Crippen LogP contribution in [0.1, 0.15) is 15.9 Å². The minimum Gasteiger partial charge on any atom is -0.497 e. The van der Waals surface area contributed by atoms with E-state index < -0.39 is 11.9 Å². The van der Waals surface area contributed by atoms with Crippen LogP contribution < -0.4 is 14.8 Å². The van der Waals surface area contributed by atoms with Gasteiger partial charge in [0.1, 0.15) is 23.1 Å². The van der Waals surface area contributed by atoms with Crippen LogP contribution in [0.15, 0.2) is 70.7 Å². The molecule has 0 aromatic heterocycles. The average Bonchev–Trinajstić information content (AvgIpc) is 2.81. The van der Waals surface area contributed by atoms with E-state index in [1.165, 1.54) is 25.3 Å². The Morgan fingerprint density at radius 2 is 1.76 bits per heavy atom. The number of hydrogen-bond acceptors (Lipinski definition) is 5. The molecule has 0 aliphatic rings. The number of nitrogens with one attached hydrogen (secondary N) is 1. The van der Waals surface area contributed by atoms with Gasteiger partial charge in [0.05, 0.1) is 22.7 Å². The third-order valence-corrected chi connectivity index (χ3v) is 5.57. The van der Waals surface area contributed by atoms with E-state index >= 15 is 0 Å². The van der Waals surface area contributed by atoms with E-state index in [-0.39, 0.29) is 16.3 Å². The van der Waals surface area contributed by atoms with Gasteiger partial charge >= 0.3 is 5.97 Å². The Kier molecular flexibility index (Phi) is 8.12. The van der Waals surface area contributed by atoms with Crippen molar-refractivity contribution in [1.82, 2.24) is 0 Å². The molecule has 9 heteroatoms. The normalized spacial score (nSPS) is 10.8. The molecule has 0 atom stereocenters. The molecule has 0 radical (unpaired) electrons. The van der Waals surface area contributed by atoms with Gasteiger partial charge in [0.15, 0.2) is 0 Å². The summed E-state index contributed by atoms with van der Waals surface area (Å²) in [5, 5.41) is 12.7. The molecule has 0 aliphatic heterocycles. The summed E-state index contributed by atoms with van der Waals surface area (Å²) in [5.41, 5.74) is 0.829. The van der Waals surface area contributed by atoms with E-state index in [9.17, 15) is 14.9 Å². The number of nitrogens with zero attached hydrogens (tertiary/aromatic N) is 1. The van der Waals surface area contributed by atoms with E-state index in [1.807, 2.05) is 6.07 Å². The highest BCUT2D eigenvalue weighted by Gasteiger charge is 2.15. The summed E-state index contributed by atoms with van der Waals surface area (Å²) in [6.45, 7) is 0. The first-order valence-electron chi connectivity index (χ1n) is 9.34. The van der Waals surface area contributed by atoms with Crippen LogP contribution in [0.2, 0.25) is 10.0 Å². The van der Waals surface area contributed by atoms with E-state index in [0.717, 1.165) is 0 Å². The minimum atomic E-state index is -0.664. The molecular weight excluding hydrogens is 531 g/mol. The Labute approximate surface area is 208 Å². The zero-order chi connectivity index (χ0) is 24.0. The third kappa shape index (κ3) is 6.36.